The molecule has 5 nitrogen and oxygen atoms in total. The number of fused-ring (bicyclic) bond motifs is 1. The first-order valence-corrected chi connectivity index (χ1v) is 7.06. The molecule has 0 unspecified atom stereocenters. The van der Waals surface area contributed by atoms with Crippen LogP contribution >= 0.6 is 0 Å². The lowest BCUT2D eigenvalue weighted by Gasteiger charge is -2.01. The van der Waals surface area contributed by atoms with Crippen LogP contribution in [0, 0.1) is 29.6 Å². The number of ketones is 1. The minimum atomic E-state index is -0.371. The van der Waals surface area contributed by atoms with E-state index in [-0.39, 0.29) is 33.8 Å². The van der Waals surface area contributed by atoms with Crippen molar-refractivity contribution in [3.63, 3.8) is 0 Å². The van der Waals surface area contributed by atoms with Crippen molar-refractivity contribution < 1.29 is 14.0 Å². The second-order valence-electron chi connectivity index (χ2n) is 5.27. The minimum Gasteiger partial charge on any atom is -0.452 e. The van der Waals surface area contributed by atoms with Gasteiger partial charge in [-0.2, -0.15) is 10.5 Å². The molecule has 0 amide bonds. The van der Waals surface area contributed by atoms with Crippen LogP contribution in [0.5, 0.6) is 0 Å². The molecule has 0 atom stereocenters. The Kier molecular flexibility index (Phi) is 3.69. The number of hydrogen-bond donors (Lipinski definition) is 0. The number of nitriles is 2. The van der Waals surface area contributed by atoms with E-state index in [1.54, 1.807) is 24.3 Å². The highest BCUT2D eigenvalue weighted by atomic mass is 16.3. The Bertz CT molecular complexity index is 1060. The average Bonchev–Trinajstić information content (AvgIpc) is 2.97. The number of rotatable bonds is 3. The smallest absolute Gasteiger partial charge is 0.197 e. The maximum atomic E-state index is 12.8. The van der Waals surface area contributed by atoms with E-state index in [1.807, 2.05) is 19.1 Å². The van der Waals surface area contributed by atoms with E-state index in [0.29, 0.717) is 17.2 Å². The fraction of sp³-hybridized carbons (Fsp3) is 0.0526. The fourth-order valence-corrected chi connectivity index (χ4v) is 2.51. The topological polar surface area (TPSA) is 94.9 Å². The number of nitrogens with zero attached hydrogens (tertiary/aromatic N) is 2. The summed E-state index contributed by atoms with van der Waals surface area (Å²) in [6, 6.07) is 13.5. The predicted molar refractivity (Wildman–Crippen MR) is 85.6 cm³/mol. The number of carbonyl (C=O) groups is 2. The summed E-state index contributed by atoms with van der Waals surface area (Å²) in [5.41, 5.74) is 2.00. The molecule has 5 heteroatoms. The Labute approximate surface area is 137 Å². The molecule has 1 heterocycles. The van der Waals surface area contributed by atoms with Crippen molar-refractivity contribution in [1.82, 2.24) is 0 Å². The first-order valence-electron chi connectivity index (χ1n) is 7.06. The summed E-state index contributed by atoms with van der Waals surface area (Å²) in [6.07, 6.45) is 0.458. The molecule has 0 radical (unpaired) electrons. The van der Waals surface area contributed by atoms with Crippen molar-refractivity contribution in [3.05, 3.63) is 70.0 Å². The van der Waals surface area contributed by atoms with Crippen molar-refractivity contribution in [2.24, 2.45) is 0 Å². The highest BCUT2D eigenvalue weighted by Gasteiger charge is 2.23. The van der Waals surface area contributed by atoms with Crippen molar-refractivity contribution in [2.75, 3.05) is 0 Å². The van der Waals surface area contributed by atoms with Crippen LogP contribution in [0.3, 0.4) is 0 Å². The molecular weight excluding hydrogens is 304 g/mol. The van der Waals surface area contributed by atoms with Gasteiger partial charge in [-0.3, -0.25) is 9.59 Å². The number of aldehydes is 1. The van der Waals surface area contributed by atoms with Crippen LogP contribution in [-0.4, -0.2) is 12.1 Å². The molecule has 114 valence electrons. The van der Waals surface area contributed by atoms with Crippen LogP contribution < -0.4 is 0 Å². The maximum Gasteiger partial charge on any atom is 0.197 e. The summed E-state index contributed by atoms with van der Waals surface area (Å²) in [7, 11) is 0. The van der Waals surface area contributed by atoms with Gasteiger partial charge in [-0.25, -0.2) is 0 Å². The van der Waals surface area contributed by atoms with E-state index in [1.165, 1.54) is 12.1 Å². The molecule has 0 bridgehead atoms. The molecule has 0 saturated carbocycles. The number of carbonyl (C=O) groups excluding carboxylic acids is 2. The Hall–Kier alpha value is -3.70. The first kappa shape index (κ1) is 15.2. The van der Waals surface area contributed by atoms with Gasteiger partial charge in [-0.1, -0.05) is 29.8 Å². The summed E-state index contributed by atoms with van der Waals surface area (Å²) in [5.74, 6) is -0.487. The van der Waals surface area contributed by atoms with E-state index in [4.69, 9.17) is 14.9 Å². The summed E-state index contributed by atoms with van der Waals surface area (Å²) in [6.45, 7) is 1.90. The molecule has 3 rings (SSSR count). The van der Waals surface area contributed by atoms with Crippen LogP contribution in [0.2, 0.25) is 0 Å². The van der Waals surface area contributed by atoms with Crippen molar-refractivity contribution in [1.29, 1.82) is 10.5 Å². The predicted octanol–water partition coefficient (Wildman–Crippen LogP) is 3.53. The molecule has 0 N–H and O–H groups in total. The molecule has 0 aliphatic rings. The zero-order valence-corrected chi connectivity index (χ0v) is 12.7. The molecule has 3 aromatic rings. The second-order valence-corrected chi connectivity index (χ2v) is 5.27. The summed E-state index contributed by atoms with van der Waals surface area (Å²) < 4.78 is 5.41. The van der Waals surface area contributed by atoms with Crippen LogP contribution in [0.25, 0.3) is 11.0 Å². The van der Waals surface area contributed by atoms with Gasteiger partial charge < -0.3 is 4.42 Å². The van der Waals surface area contributed by atoms with Gasteiger partial charge in [0.05, 0.1) is 16.7 Å². The van der Waals surface area contributed by atoms with Gasteiger partial charge in [0.25, 0.3) is 0 Å². The van der Waals surface area contributed by atoms with E-state index < -0.39 is 0 Å². The molecule has 0 aliphatic carbocycles. The molecule has 1 aromatic heterocycles. The molecule has 2 aromatic carbocycles. The standard InChI is InChI=1S/C19H10N2O3/c1-11-2-4-12(5-3-11)19(23)18-15-6-13(8-20)14(9-21)7-16(15)24-17(18)10-22/h2-7,10H,1H3. The lowest BCUT2D eigenvalue weighted by molar-refractivity contribution is 0.102. The average molecular weight is 314 g/mol. The SMILES string of the molecule is Cc1ccc(C(=O)c2c(C=O)oc3cc(C#N)c(C#N)cc23)cc1. The number of benzene rings is 2. The van der Waals surface area contributed by atoms with Crippen LogP contribution in [0.15, 0.2) is 40.8 Å². The fourth-order valence-electron chi connectivity index (χ4n) is 2.51. The first-order chi connectivity index (χ1) is 11.6. The minimum absolute atomic E-state index is 0.102. The van der Waals surface area contributed by atoms with Gasteiger partial charge in [0.2, 0.25) is 0 Å². The van der Waals surface area contributed by atoms with E-state index in [9.17, 15) is 9.59 Å². The normalized spacial score (nSPS) is 10.1. The van der Waals surface area contributed by atoms with Gasteiger partial charge in [0.1, 0.15) is 17.7 Å². The second kappa shape index (κ2) is 5.83. The molecule has 0 saturated heterocycles. The quantitative estimate of drug-likeness (QED) is 0.544. The van der Waals surface area contributed by atoms with Crippen LogP contribution in [0.1, 0.15) is 43.2 Å². The van der Waals surface area contributed by atoms with Crippen molar-refractivity contribution in [2.45, 2.75) is 6.92 Å². The van der Waals surface area contributed by atoms with E-state index in [0.717, 1.165) is 5.56 Å². The molecule has 0 aliphatic heterocycles. The third kappa shape index (κ3) is 2.35. The third-order valence-electron chi connectivity index (χ3n) is 3.74. The number of aryl methyl sites for hydroxylation is 1. The third-order valence-corrected chi connectivity index (χ3v) is 3.74. The number of furan rings is 1. The van der Waals surface area contributed by atoms with Crippen molar-refractivity contribution >= 4 is 23.0 Å². The van der Waals surface area contributed by atoms with Gasteiger partial charge >= 0.3 is 0 Å². The van der Waals surface area contributed by atoms with Gasteiger partial charge in [-0.15, -0.1) is 0 Å². The Morgan fingerprint density at radius 1 is 1.08 bits per heavy atom. The molecule has 0 spiro atoms. The zero-order valence-electron chi connectivity index (χ0n) is 12.7. The number of hydrogen-bond acceptors (Lipinski definition) is 5. The molecular formula is C19H10N2O3. The molecule has 24 heavy (non-hydrogen) atoms. The highest BCUT2D eigenvalue weighted by Crippen LogP contribution is 2.30. The van der Waals surface area contributed by atoms with Gasteiger partial charge in [0, 0.05) is 17.0 Å². The summed E-state index contributed by atoms with van der Waals surface area (Å²) in [5, 5.41) is 18.6. The van der Waals surface area contributed by atoms with Crippen LogP contribution in [-0.2, 0) is 0 Å². The van der Waals surface area contributed by atoms with Gasteiger partial charge in [-0.05, 0) is 13.0 Å². The van der Waals surface area contributed by atoms with E-state index in [2.05, 4.69) is 0 Å². The zero-order chi connectivity index (χ0) is 17.3. The Balaban J connectivity index is 2.28. The maximum absolute atomic E-state index is 12.8. The highest BCUT2D eigenvalue weighted by molar-refractivity contribution is 6.19. The summed E-state index contributed by atoms with van der Waals surface area (Å²) >= 11 is 0. The lowest BCUT2D eigenvalue weighted by Crippen LogP contribution is -2.03. The van der Waals surface area contributed by atoms with Gasteiger partial charge in [0.15, 0.2) is 17.8 Å². The Morgan fingerprint density at radius 3 is 2.29 bits per heavy atom. The van der Waals surface area contributed by atoms with Crippen molar-refractivity contribution in [3.8, 4) is 12.1 Å². The molecule has 0 fully saturated rings. The summed E-state index contributed by atoms with van der Waals surface area (Å²) in [4.78, 5) is 24.1. The largest absolute Gasteiger partial charge is 0.452 e. The monoisotopic (exact) mass is 314 g/mol. The van der Waals surface area contributed by atoms with E-state index >= 15 is 0 Å². The van der Waals surface area contributed by atoms with Crippen LogP contribution in [0.4, 0.5) is 0 Å². The Morgan fingerprint density at radius 2 is 1.71 bits per heavy atom. The lowest BCUT2D eigenvalue weighted by atomic mass is 9.97.